The molecule has 4 nitrogen and oxygen atoms in total. The second kappa shape index (κ2) is 7.01. The highest BCUT2D eigenvalue weighted by Crippen LogP contribution is 2.25. The number of rotatable bonds is 6. The number of hydrogen-bond acceptors (Lipinski definition) is 3. The van der Waals surface area contributed by atoms with Gasteiger partial charge in [0.2, 0.25) is 0 Å². The van der Waals surface area contributed by atoms with E-state index in [2.05, 4.69) is 11.4 Å². The van der Waals surface area contributed by atoms with E-state index in [1.54, 1.807) is 7.11 Å². The number of ether oxygens (including phenoxy) is 2. The van der Waals surface area contributed by atoms with E-state index < -0.39 is 0 Å². The molecule has 0 aliphatic rings. The van der Waals surface area contributed by atoms with Crippen LogP contribution in [0, 0.1) is 20.8 Å². The SMILES string of the molecule is COCCNC(=O)COc1c(C)ccc(C)c1C. The van der Waals surface area contributed by atoms with E-state index in [4.69, 9.17) is 9.47 Å². The number of amides is 1. The molecule has 0 aromatic heterocycles. The molecule has 1 amide bonds. The summed E-state index contributed by atoms with van der Waals surface area (Å²) in [6.07, 6.45) is 0. The van der Waals surface area contributed by atoms with E-state index in [0.717, 1.165) is 22.4 Å². The number of methoxy groups -OCH3 is 1. The van der Waals surface area contributed by atoms with E-state index in [-0.39, 0.29) is 12.5 Å². The van der Waals surface area contributed by atoms with Crippen molar-refractivity contribution in [1.82, 2.24) is 5.32 Å². The van der Waals surface area contributed by atoms with Crippen molar-refractivity contribution in [3.8, 4) is 5.75 Å². The third kappa shape index (κ3) is 4.04. The van der Waals surface area contributed by atoms with Gasteiger partial charge >= 0.3 is 0 Å². The maximum Gasteiger partial charge on any atom is 0.258 e. The summed E-state index contributed by atoms with van der Waals surface area (Å²) in [6.45, 7) is 7.05. The zero-order chi connectivity index (χ0) is 13.5. The van der Waals surface area contributed by atoms with Gasteiger partial charge in [0.05, 0.1) is 6.61 Å². The largest absolute Gasteiger partial charge is 0.483 e. The molecule has 0 bridgehead atoms. The van der Waals surface area contributed by atoms with Crippen molar-refractivity contribution in [3.63, 3.8) is 0 Å². The van der Waals surface area contributed by atoms with Gasteiger partial charge in [0.1, 0.15) is 5.75 Å². The first-order valence-electron chi connectivity index (χ1n) is 6.01. The fourth-order valence-electron chi connectivity index (χ4n) is 1.63. The van der Waals surface area contributed by atoms with Gasteiger partial charge < -0.3 is 14.8 Å². The monoisotopic (exact) mass is 251 g/mol. The molecule has 0 aliphatic heterocycles. The van der Waals surface area contributed by atoms with Crippen LogP contribution >= 0.6 is 0 Å². The molecule has 4 heteroatoms. The third-order valence-electron chi connectivity index (χ3n) is 2.85. The number of benzene rings is 1. The van der Waals surface area contributed by atoms with Gasteiger partial charge in [-0.25, -0.2) is 0 Å². The van der Waals surface area contributed by atoms with Crippen molar-refractivity contribution in [2.75, 3.05) is 26.9 Å². The Bertz CT molecular complexity index is 416. The molecule has 0 heterocycles. The van der Waals surface area contributed by atoms with Crippen LogP contribution in [0.25, 0.3) is 0 Å². The summed E-state index contributed by atoms with van der Waals surface area (Å²) in [7, 11) is 1.60. The molecule has 0 aliphatic carbocycles. The molecule has 18 heavy (non-hydrogen) atoms. The number of carbonyl (C=O) groups excluding carboxylic acids is 1. The van der Waals surface area contributed by atoms with E-state index in [1.165, 1.54) is 0 Å². The molecule has 0 spiro atoms. The van der Waals surface area contributed by atoms with Gasteiger partial charge in [-0.1, -0.05) is 12.1 Å². The smallest absolute Gasteiger partial charge is 0.258 e. The molecule has 0 saturated carbocycles. The molecule has 0 atom stereocenters. The number of nitrogens with one attached hydrogen (secondary N) is 1. The van der Waals surface area contributed by atoms with Crippen molar-refractivity contribution in [1.29, 1.82) is 0 Å². The zero-order valence-corrected chi connectivity index (χ0v) is 11.5. The Morgan fingerprint density at radius 2 is 1.89 bits per heavy atom. The third-order valence-corrected chi connectivity index (χ3v) is 2.85. The minimum absolute atomic E-state index is 0.0366. The normalized spacial score (nSPS) is 10.2. The Balaban J connectivity index is 2.53. The highest BCUT2D eigenvalue weighted by atomic mass is 16.5. The summed E-state index contributed by atoms with van der Waals surface area (Å²) in [5, 5.41) is 2.72. The molecule has 0 unspecified atom stereocenters. The number of aryl methyl sites for hydroxylation is 2. The Hall–Kier alpha value is -1.55. The van der Waals surface area contributed by atoms with Crippen LogP contribution in [0.3, 0.4) is 0 Å². The number of hydrogen-bond donors (Lipinski definition) is 1. The van der Waals surface area contributed by atoms with Crippen LogP contribution in [0.2, 0.25) is 0 Å². The maximum atomic E-state index is 11.5. The standard InChI is InChI=1S/C14H21NO3/c1-10-5-6-11(2)14(12(10)3)18-9-13(16)15-7-8-17-4/h5-6H,7-9H2,1-4H3,(H,15,16). The van der Waals surface area contributed by atoms with E-state index in [9.17, 15) is 4.79 Å². The summed E-state index contributed by atoms with van der Waals surface area (Å²) >= 11 is 0. The van der Waals surface area contributed by atoms with Gasteiger partial charge in [-0.2, -0.15) is 0 Å². The minimum atomic E-state index is -0.132. The van der Waals surface area contributed by atoms with Gasteiger partial charge in [0.25, 0.3) is 5.91 Å². The second-order valence-electron chi connectivity index (χ2n) is 4.28. The quantitative estimate of drug-likeness (QED) is 0.784. The predicted octanol–water partition coefficient (Wildman–Crippen LogP) is 1.75. The highest BCUT2D eigenvalue weighted by Gasteiger charge is 2.08. The molecule has 0 fully saturated rings. The topological polar surface area (TPSA) is 47.6 Å². The first-order chi connectivity index (χ1) is 8.56. The Kier molecular flexibility index (Phi) is 5.65. The van der Waals surface area contributed by atoms with Crippen LogP contribution in [0.4, 0.5) is 0 Å². The van der Waals surface area contributed by atoms with Gasteiger partial charge in [0, 0.05) is 13.7 Å². The van der Waals surface area contributed by atoms with Gasteiger partial charge in [0.15, 0.2) is 6.61 Å². The van der Waals surface area contributed by atoms with E-state index in [0.29, 0.717) is 13.2 Å². The minimum Gasteiger partial charge on any atom is -0.483 e. The fraction of sp³-hybridized carbons (Fsp3) is 0.500. The van der Waals surface area contributed by atoms with Crippen LogP contribution in [0.1, 0.15) is 16.7 Å². The van der Waals surface area contributed by atoms with Gasteiger partial charge in [-0.15, -0.1) is 0 Å². The highest BCUT2D eigenvalue weighted by molar-refractivity contribution is 5.77. The lowest BCUT2D eigenvalue weighted by Crippen LogP contribution is -2.31. The second-order valence-corrected chi connectivity index (χ2v) is 4.28. The molecule has 0 saturated heterocycles. The Labute approximate surface area is 108 Å². The van der Waals surface area contributed by atoms with Crippen LogP contribution < -0.4 is 10.1 Å². The van der Waals surface area contributed by atoms with Crippen LogP contribution in [0.5, 0.6) is 5.75 Å². The van der Waals surface area contributed by atoms with Crippen molar-refractivity contribution in [3.05, 3.63) is 28.8 Å². The molecular formula is C14H21NO3. The lowest BCUT2D eigenvalue weighted by atomic mass is 10.1. The van der Waals surface area contributed by atoms with Crippen molar-refractivity contribution in [2.45, 2.75) is 20.8 Å². The van der Waals surface area contributed by atoms with Crippen molar-refractivity contribution < 1.29 is 14.3 Å². The average molecular weight is 251 g/mol. The first kappa shape index (κ1) is 14.5. The first-order valence-corrected chi connectivity index (χ1v) is 6.01. The Morgan fingerprint density at radius 1 is 1.22 bits per heavy atom. The van der Waals surface area contributed by atoms with E-state index >= 15 is 0 Å². The molecule has 1 aromatic rings. The van der Waals surface area contributed by atoms with Gasteiger partial charge in [-0.05, 0) is 37.5 Å². The lowest BCUT2D eigenvalue weighted by molar-refractivity contribution is -0.123. The molecule has 1 rings (SSSR count). The summed E-state index contributed by atoms with van der Waals surface area (Å²) in [5.74, 6) is 0.671. The Morgan fingerprint density at radius 3 is 2.56 bits per heavy atom. The van der Waals surface area contributed by atoms with Crippen molar-refractivity contribution >= 4 is 5.91 Å². The summed E-state index contributed by atoms with van der Waals surface area (Å²) < 4.78 is 10.4. The van der Waals surface area contributed by atoms with E-state index in [1.807, 2.05) is 26.8 Å². The molecule has 100 valence electrons. The summed E-state index contributed by atoms with van der Waals surface area (Å²) in [4.78, 5) is 11.5. The van der Waals surface area contributed by atoms with Crippen LogP contribution in [0.15, 0.2) is 12.1 Å². The average Bonchev–Trinajstić information content (AvgIpc) is 2.34. The molecular weight excluding hydrogens is 230 g/mol. The summed E-state index contributed by atoms with van der Waals surface area (Å²) in [6, 6.07) is 4.05. The predicted molar refractivity (Wildman–Crippen MR) is 71.0 cm³/mol. The fourth-order valence-corrected chi connectivity index (χ4v) is 1.63. The molecule has 0 radical (unpaired) electrons. The summed E-state index contributed by atoms with van der Waals surface area (Å²) in [5.41, 5.74) is 3.29. The lowest BCUT2D eigenvalue weighted by Gasteiger charge is -2.13. The van der Waals surface area contributed by atoms with Crippen molar-refractivity contribution in [2.24, 2.45) is 0 Å². The molecule has 1 N–H and O–H groups in total. The zero-order valence-electron chi connectivity index (χ0n) is 11.5. The molecule has 1 aromatic carbocycles. The van der Waals surface area contributed by atoms with Crippen LogP contribution in [-0.4, -0.2) is 32.8 Å². The maximum absolute atomic E-state index is 11.5. The van der Waals surface area contributed by atoms with Gasteiger partial charge in [-0.3, -0.25) is 4.79 Å². The number of carbonyl (C=O) groups is 1. The van der Waals surface area contributed by atoms with Crippen LogP contribution in [-0.2, 0) is 9.53 Å².